The molecule has 2 aromatic rings. The van der Waals surface area contributed by atoms with Gasteiger partial charge in [0, 0.05) is 0 Å². The van der Waals surface area contributed by atoms with Gasteiger partial charge in [-0.25, -0.2) is 9.98 Å². The average molecular weight is 307 g/mol. The maximum Gasteiger partial charge on any atom is 0.293 e. The van der Waals surface area contributed by atoms with Crippen molar-refractivity contribution in [3.8, 4) is 0 Å². The minimum absolute atomic E-state index is 0.0191. The summed E-state index contributed by atoms with van der Waals surface area (Å²) in [5.41, 5.74) is 2.28. The first-order valence-corrected chi connectivity index (χ1v) is 7.66. The van der Waals surface area contributed by atoms with Crippen molar-refractivity contribution in [1.82, 2.24) is 5.32 Å². The third-order valence-corrected chi connectivity index (χ3v) is 3.88. The Hall–Kier alpha value is -2.82. The molecule has 2 aliphatic heterocycles. The first-order chi connectivity index (χ1) is 11.4. The largest absolute Gasteiger partial charge is 0.462 e. The summed E-state index contributed by atoms with van der Waals surface area (Å²) in [4.78, 5) is 9.08. The first-order valence-electron chi connectivity index (χ1n) is 7.66. The summed E-state index contributed by atoms with van der Waals surface area (Å²) in [6.45, 7) is 1.06. The van der Waals surface area contributed by atoms with Gasteiger partial charge in [0.2, 0.25) is 0 Å². The predicted octanol–water partition coefficient (Wildman–Crippen LogP) is 2.83. The molecule has 23 heavy (non-hydrogen) atoms. The highest BCUT2D eigenvalue weighted by atomic mass is 16.5. The molecule has 2 aromatic carbocycles. The quantitative estimate of drug-likeness (QED) is 0.928. The standard InChI is InChI=1S/C18H17N3O2/c1-3-7-13(8-4-1)15-11-22-17(19-15)21-18-20-16(12-23-18)14-9-5-2-6-10-14/h1-10,15-16H,11-12H2,(H,19,20,21)/t15-,16-/m1/s1. The molecule has 0 saturated carbocycles. The van der Waals surface area contributed by atoms with Crippen LogP contribution >= 0.6 is 0 Å². The second-order valence-corrected chi connectivity index (χ2v) is 5.47. The molecule has 0 aromatic heterocycles. The zero-order valence-corrected chi connectivity index (χ0v) is 12.6. The number of hydrogen-bond acceptors (Lipinski definition) is 5. The van der Waals surface area contributed by atoms with Crippen LogP contribution in [0.2, 0.25) is 0 Å². The van der Waals surface area contributed by atoms with Gasteiger partial charge in [0.25, 0.3) is 12.0 Å². The molecular formula is C18H17N3O2. The summed E-state index contributed by atoms with van der Waals surface area (Å²) in [5, 5.41) is 3.03. The highest BCUT2D eigenvalue weighted by Crippen LogP contribution is 2.24. The molecule has 0 amide bonds. The Labute approximate surface area is 134 Å². The number of nitrogens with zero attached hydrogens (tertiary/aromatic N) is 2. The summed E-state index contributed by atoms with van der Waals surface area (Å²) in [6.07, 6.45) is 0. The predicted molar refractivity (Wildman–Crippen MR) is 88.3 cm³/mol. The van der Waals surface area contributed by atoms with Crippen LogP contribution in [0.5, 0.6) is 0 Å². The maximum absolute atomic E-state index is 5.60. The van der Waals surface area contributed by atoms with E-state index < -0.39 is 0 Å². The van der Waals surface area contributed by atoms with Crippen LogP contribution in [0.3, 0.4) is 0 Å². The fourth-order valence-corrected chi connectivity index (χ4v) is 2.67. The lowest BCUT2D eigenvalue weighted by molar-refractivity contribution is 0.293. The van der Waals surface area contributed by atoms with Crippen molar-refractivity contribution in [2.24, 2.45) is 9.98 Å². The smallest absolute Gasteiger partial charge is 0.293 e. The number of ether oxygens (including phenoxy) is 2. The van der Waals surface area contributed by atoms with Gasteiger partial charge in [-0.2, -0.15) is 0 Å². The minimum Gasteiger partial charge on any atom is -0.462 e. The van der Waals surface area contributed by atoms with E-state index in [0.29, 0.717) is 25.3 Å². The fourth-order valence-electron chi connectivity index (χ4n) is 2.67. The molecule has 2 heterocycles. The summed E-state index contributed by atoms with van der Waals surface area (Å²) < 4.78 is 11.2. The fraction of sp³-hybridized carbons (Fsp3) is 0.222. The van der Waals surface area contributed by atoms with Crippen LogP contribution in [0.4, 0.5) is 0 Å². The Morgan fingerprint density at radius 3 is 1.57 bits per heavy atom. The lowest BCUT2D eigenvalue weighted by Crippen LogP contribution is -2.30. The van der Waals surface area contributed by atoms with Gasteiger partial charge in [-0.05, 0) is 11.1 Å². The van der Waals surface area contributed by atoms with Gasteiger partial charge < -0.3 is 9.47 Å². The normalized spacial score (nSPS) is 22.8. The number of aliphatic imine (C=N–C) groups is 2. The van der Waals surface area contributed by atoms with E-state index in [1.165, 1.54) is 0 Å². The monoisotopic (exact) mass is 307 g/mol. The molecule has 0 bridgehead atoms. The van der Waals surface area contributed by atoms with Crippen LogP contribution in [0.15, 0.2) is 70.6 Å². The molecule has 4 rings (SSSR count). The van der Waals surface area contributed by atoms with Crippen LogP contribution < -0.4 is 5.32 Å². The van der Waals surface area contributed by atoms with Crippen molar-refractivity contribution < 1.29 is 9.47 Å². The number of amidine groups is 2. The zero-order chi connectivity index (χ0) is 15.5. The Kier molecular flexibility index (Phi) is 3.68. The highest BCUT2D eigenvalue weighted by Gasteiger charge is 2.25. The lowest BCUT2D eigenvalue weighted by atomic mass is 10.1. The van der Waals surface area contributed by atoms with Crippen LogP contribution in [-0.4, -0.2) is 25.3 Å². The van der Waals surface area contributed by atoms with E-state index in [9.17, 15) is 0 Å². The van der Waals surface area contributed by atoms with Gasteiger partial charge in [-0.1, -0.05) is 60.7 Å². The highest BCUT2D eigenvalue weighted by molar-refractivity contribution is 5.94. The van der Waals surface area contributed by atoms with Gasteiger partial charge in [0.1, 0.15) is 25.3 Å². The average Bonchev–Trinajstić information content (AvgIpc) is 3.27. The van der Waals surface area contributed by atoms with Crippen molar-refractivity contribution in [2.75, 3.05) is 13.2 Å². The SMILES string of the molecule is c1ccc([C@H]2COC(NC3=N[C@@H](c4ccccc4)CO3)=N2)cc1. The molecule has 0 radical (unpaired) electrons. The molecule has 2 atom stereocenters. The van der Waals surface area contributed by atoms with E-state index in [0.717, 1.165) is 11.1 Å². The van der Waals surface area contributed by atoms with E-state index in [1.54, 1.807) is 0 Å². The minimum atomic E-state index is 0.0191. The Morgan fingerprint density at radius 2 is 1.13 bits per heavy atom. The summed E-state index contributed by atoms with van der Waals surface area (Å²) in [5.74, 6) is 0. The molecule has 0 aliphatic carbocycles. The molecular weight excluding hydrogens is 290 g/mol. The molecule has 0 saturated heterocycles. The second kappa shape index (κ2) is 6.12. The number of hydrogen-bond donors (Lipinski definition) is 1. The Bertz CT molecular complexity index is 665. The number of rotatable bonds is 2. The van der Waals surface area contributed by atoms with Crippen molar-refractivity contribution in [1.29, 1.82) is 0 Å². The number of nitrogens with one attached hydrogen (secondary N) is 1. The molecule has 2 aliphatic rings. The molecule has 116 valence electrons. The van der Waals surface area contributed by atoms with Gasteiger partial charge >= 0.3 is 0 Å². The van der Waals surface area contributed by atoms with E-state index in [4.69, 9.17) is 9.47 Å². The molecule has 0 fully saturated rings. The topological polar surface area (TPSA) is 55.2 Å². The van der Waals surface area contributed by atoms with Crippen molar-refractivity contribution >= 4 is 12.0 Å². The van der Waals surface area contributed by atoms with Gasteiger partial charge in [0.05, 0.1) is 0 Å². The molecule has 5 heteroatoms. The van der Waals surface area contributed by atoms with E-state index in [2.05, 4.69) is 39.6 Å². The lowest BCUT2D eigenvalue weighted by Gasteiger charge is -2.03. The summed E-state index contributed by atoms with van der Waals surface area (Å²) >= 11 is 0. The van der Waals surface area contributed by atoms with Gasteiger partial charge in [-0.15, -0.1) is 0 Å². The number of benzene rings is 2. The van der Waals surface area contributed by atoms with Crippen molar-refractivity contribution in [2.45, 2.75) is 12.1 Å². The van der Waals surface area contributed by atoms with Gasteiger partial charge in [-0.3, -0.25) is 5.32 Å². The van der Waals surface area contributed by atoms with E-state index in [1.807, 2.05) is 36.4 Å². The van der Waals surface area contributed by atoms with Crippen LogP contribution in [0.25, 0.3) is 0 Å². The first kappa shape index (κ1) is 13.8. The molecule has 0 spiro atoms. The van der Waals surface area contributed by atoms with E-state index >= 15 is 0 Å². The Balaban J connectivity index is 1.43. The van der Waals surface area contributed by atoms with Crippen molar-refractivity contribution in [3.05, 3.63) is 71.8 Å². The molecule has 0 unspecified atom stereocenters. The summed E-state index contributed by atoms with van der Waals surface area (Å²) in [7, 11) is 0. The molecule has 5 nitrogen and oxygen atoms in total. The van der Waals surface area contributed by atoms with Gasteiger partial charge in [0.15, 0.2) is 0 Å². The second-order valence-electron chi connectivity index (χ2n) is 5.47. The molecule has 1 N–H and O–H groups in total. The third kappa shape index (κ3) is 3.04. The van der Waals surface area contributed by atoms with Crippen LogP contribution in [0.1, 0.15) is 23.2 Å². The van der Waals surface area contributed by atoms with Crippen LogP contribution in [0, 0.1) is 0 Å². The van der Waals surface area contributed by atoms with E-state index in [-0.39, 0.29) is 12.1 Å². The Morgan fingerprint density at radius 1 is 0.696 bits per heavy atom. The van der Waals surface area contributed by atoms with Crippen LogP contribution in [-0.2, 0) is 9.47 Å². The third-order valence-electron chi connectivity index (χ3n) is 3.88. The zero-order valence-electron chi connectivity index (χ0n) is 12.6. The van der Waals surface area contributed by atoms with Crippen molar-refractivity contribution in [3.63, 3.8) is 0 Å². The maximum atomic E-state index is 5.60. The summed E-state index contributed by atoms with van der Waals surface area (Å²) in [6, 6.07) is 21.2.